The molecule has 126 valence electrons. The van der Waals surface area contributed by atoms with Crippen molar-refractivity contribution in [3.63, 3.8) is 0 Å². The van der Waals surface area contributed by atoms with E-state index < -0.39 is 29.7 Å². The number of oxime groups is 1. The molecule has 0 radical (unpaired) electrons. The van der Waals surface area contributed by atoms with Gasteiger partial charge in [0.25, 0.3) is 5.91 Å². The Morgan fingerprint density at radius 1 is 1.12 bits per heavy atom. The monoisotopic (exact) mass is 358 g/mol. The molecule has 2 aromatic rings. The molecule has 2 aromatic carbocycles. The molecule has 2 aliphatic rings. The summed E-state index contributed by atoms with van der Waals surface area (Å²) in [4.78, 5) is 32.0. The van der Waals surface area contributed by atoms with E-state index >= 15 is 0 Å². The van der Waals surface area contributed by atoms with Crippen LogP contribution in [0.15, 0.2) is 47.6 Å². The molecule has 0 saturated carbocycles. The summed E-state index contributed by atoms with van der Waals surface area (Å²) in [5.41, 5.74) is 2.04. The maximum atomic E-state index is 13.1. The molecule has 2 atom stereocenters. The second-order valence-corrected chi connectivity index (χ2v) is 6.37. The highest BCUT2D eigenvalue weighted by Gasteiger charge is 2.56. The van der Waals surface area contributed by atoms with E-state index in [2.05, 4.69) is 5.16 Å². The minimum atomic E-state index is -1.01. The second kappa shape index (κ2) is 5.67. The fourth-order valence-electron chi connectivity index (χ4n) is 3.10. The van der Waals surface area contributed by atoms with Gasteiger partial charge in [-0.2, -0.15) is 0 Å². The minimum absolute atomic E-state index is 0.325. The standard InChI is InChI=1S/C18H12ClFN2O3/c1-9-2-5-11(19)8-13(9)22-17(23)14-15(21-25-16(14)18(22)24)10-3-6-12(20)7-4-10/h2-8,14,16H,1H3. The van der Waals surface area contributed by atoms with Gasteiger partial charge in [-0.05, 0) is 36.8 Å². The molecular formula is C18H12ClFN2O3. The number of anilines is 1. The molecule has 4 rings (SSSR count). The van der Waals surface area contributed by atoms with Gasteiger partial charge >= 0.3 is 0 Å². The van der Waals surface area contributed by atoms with Gasteiger partial charge in [-0.15, -0.1) is 0 Å². The average molecular weight is 359 g/mol. The maximum Gasteiger partial charge on any atom is 0.278 e. The average Bonchev–Trinajstić information content (AvgIpc) is 3.12. The number of hydrogen-bond donors (Lipinski definition) is 0. The number of amides is 2. The molecule has 2 aliphatic heterocycles. The van der Waals surface area contributed by atoms with Crippen LogP contribution >= 0.6 is 11.6 Å². The van der Waals surface area contributed by atoms with E-state index in [9.17, 15) is 14.0 Å². The van der Waals surface area contributed by atoms with Crippen molar-refractivity contribution in [1.82, 2.24) is 0 Å². The Morgan fingerprint density at radius 2 is 1.84 bits per heavy atom. The Bertz CT molecular complexity index is 926. The zero-order chi connectivity index (χ0) is 17.7. The number of aryl methyl sites for hydroxylation is 1. The number of imide groups is 1. The van der Waals surface area contributed by atoms with Crippen molar-refractivity contribution in [3.8, 4) is 0 Å². The van der Waals surface area contributed by atoms with Crippen LogP contribution in [0.25, 0.3) is 0 Å². The highest BCUT2D eigenvalue weighted by molar-refractivity contribution is 6.34. The Labute approximate surface area is 147 Å². The summed E-state index contributed by atoms with van der Waals surface area (Å²) in [5.74, 6) is -2.16. The van der Waals surface area contributed by atoms with Gasteiger partial charge in [-0.3, -0.25) is 9.59 Å². The zero-order valence-electron chi connectivity index (χ0n) is 13.1. The third kappa shape index (κ3) is 2.41. The van der Waals surface area contributed by atoms with Gasteiger partial charge < -0.3 is 4.84 Å². The molecule has 25 heavy (non-hydrogen) atoms. The molecule has 5 nitrogen and oxygen atoms in total. The van der Waals surface area contributed by atoms with Crippen molar-refractivity contribution in [3.05, 3.63) is 64.4 Å². The van der Waals surface area contributed by atoms with E-state index in [1.807, 2.05) is 0 Å². The van der Waals surface area contributed by atoms with Crippen molar-refractivity contribution in [1.29, 1.82) is 0 Å². The van der Waals surface area contributed by atoms with E-state index in [1.54, 1.807) is 25.1 Å². The fourth-order valence-corrected chi connectivity index (χ4v) is 3.26. The summed E-state index contributed by atoms with van der Waals surface area (Å²) >= 11 is 6.01. The largest absolute Gasteiger partial charge is 0.381 e. The van der Waals surface area contributed by atoms with Crippen LogP contribution in [0.3, 0.4) is 0 Å². The van der Waals surface area contributed by atoms with Gasteiger partial charge in [-0.1, -0.05) is 35.0 Å². The third-order valence-corrected chi connectivity index (χ3v) is 4.60. The van der Waals surface area contributed by atoms with Crippen LogP contribution in [0.2, 0.25) is 5.02 Å². The van der Waals surface area contributed by atoms with Crippen molar-refractivity contribution >= 4 is 34.8 Å². The molecule has 2 heterocycles. The van der Waals surface area contributed by atoms with E-state index in [4.69, 9.17) is 16.4 Å². The lowest BCUT2D eigenvalue weighted by Gasteiger charge is -2.18. The van der Waals surface area contributed by atoms with Crippen LogP contribution in [0.4, 0.5) is 10.1 Å². The maximum absolute atomic E-state index is 13.1. The first-order valence-corrected chi connectivity index (χ1v) is 7.99. The molecule has 2 amide bonds. The summed E-state index contributed by atoms with van der Waals surface area (Å²) in [6, 6.07) is 10.5. The van der Waals surface area contributed by atoms with Crippen LogP contribution in [0.5, 0.6) is 0 Å². The lowest BCUT2D eigenvalue weighted by molar-refractivity contribution is -0.126. The first-order valence-electron chi connectivity index (χ1n) is 7.61. The van der Waals surface area contributed by atoms with E-state index in [0.29, 0.717) is 22.0 Å². The van der Waals surface area contributed by atoms with E-state index in [1.165, 1.54) is 24.3 Å². The predicted molar refractivity (Wildman–Crippen MR) is 90.0 cm³/mol. The van der Waals surface area contributed by atoms with Gasteiger partial charge in [-0.25, -0.2) is 9.29 Å². The molecule has 0 bridgehead atoms. The first-order chi connectivity index (χ1) is 12.0. The minimum Gasteiger partial charge on any atom is -0.381 e. The quantitative estimate of drug-likeness (QED) is 0.775. The Kier molecular flexibility index (Phi) is 3.58. The van der Waals surface area contributed by atoms with E-state index in [0.717, 1.165) is 10.5 Å². The van der Waals surface area contributed by atoms with Crippen molar-refractivity contribution in [2.75, 3.05) is 4.90 Å². The summed E-state index contributed by atoms with van der Waals surface area (Å²) < 4.78 is 13.1. The summed E-state index contributed by atoms with van der Waals surface area (Å²) in [6.07, 6.45) is -1.01. The number of hydrogen-bond acceptors (Lipinski definition) is 4. The van der Waals surface area contributed by atoms with Crippen LogP contribution in [-0.4, -0.2) is 23.6 Å². The highest BCUT2D eigenvalue weighted by atomic mass is 35.5. The Morgan fingerprint density at radius 3 is 2.56 bits per heavy atom. The smallest absolute Gasteiger partial charge is 0.278 e. The SMILES string of the molecule is Cc1ccc(Cl)cc1N1C(=O)C2ON=C(c3ccc(F)cc3)C2C1=O. The zero-order valence-corrected chi connectivity index (χ0v) is 13.8. The summed E-state index contributed by atoms with van der Waals surface area (Å²) in [7, 11) is 0. The van der Waals surface area contributed by atoms with Crippen molar-refractivity contribution in [2.24, 2.45) is 11.1 Å². The Hall–Kier alpha value is -2.73. The van der Waals surface area contributed by atoms with E-state index in [-0.39, 0.29) is 0 Å². The summed E-state index contributed by atoms with van der Waals surface area (Å²) in [5, 5.41) is 4.31. The number of rotatable bonds is 2. The molecule has 2 unspecified atom stereocenters. The second-order valence-electron chi connectivity index (χ2n) is 5.93. The van der Waals surface area contributed by atoms with Crippen molar-refractivity contribution < 1.29 is 18.8 Å². The van der Waals surface area contributed by atoms with Gasteiger partial charge in [0.15, 0.2) is 0 Å². The normalized spacial score (nSPS) is 22.0. The molecule has 1 fully saturated rings. The molecule has 7 heteroatoms. The molecule has 0 spiro atoms. The fraction of sp³-hybridized carbons (Fsp3) is 0.167. The van der Waals surface area contributed by atoms with Gasteiger partial charge in [0.1, 0.15) is 17.4 Å². The number of carbonyl (C=O) groups excluding carboxylic acids is 2. The number of fused-ring (bicyclic) bond motifs is 1. The molecule has 0 N–H and O–H groups in total. The Balaban J connectivity index is 1.73. The third-order valence-electron chi connectivity index (χ3n) is 4.36. The predicted octanol–water partition coefficient (Wildman–Crippen LogP) is 3.08. The van der Waals surface area contributed by atoms with Crippen molar-refractivity contribution in [2.45, 2.75) is 13.0 Å². The number of carbonyl (C=O) groups is 2. The molecule has 0 aromatic heterocycles. The van der Waals surface area contributed by atoms with Crippen LogP contribution in [-0.2, 0) is 14.4 Å². The number of nitrogens with zero attached hydrogens (tertiary/aromatic N) is 2. The van der Waals surface area contributed by atoms with Crippen LogP contribution in [0, 0.1) is 18.7 Å². The van der Waals surface area contributed by atoms with Gasteiger partial charge in [0, 0.05) is 10.6 Å². The molecular weight excluding hydrogens is 347 g/mol. The molecule has 1 saturated heterocycles. The highest BCUT2D eigenvalue weighted by Crippen LogP contribution is 2.37. The van der Waals surface area contributed by atoms with Crippen LogP contribution < -0.4 is 4.90 Å². The lowest BCUT2D eigenvalue weighted by Crippen LogP contribution is -2.33. The number of benzene rings is 2. The molecule has 0 aliphatic carbocycles. The summed E-state index contributed by atoms with van der Waals surface area (Å²) in [6.45, 7) is 1.79. The first kappa shape index (κ1) is 15.8. The van der Waals surface area contributed by atoms with Gasteiger partial charge in [0.2, 0.25) is 12.0 Å². The number of halogens is 2. The van der Waals surface area contributed by atoms with Crippen LogP contribution in [0.1, 0.15) is 11.1 Å². The lowest BCUT2D eigenvalue weighted by atomic mass is 9.94. The topological polar surface area (TPSA) is 59.0 Å². The van der Waals surface area contributed by atoms with Gasteiger partial charge in [0.05, 0.1) is 5.69 Å².